The smallest absolute Gasteiger partial charge is 0.0478 e. The lowest BCUT2D eigenvalue weighted by Crippen LogP contribution is -2.59. The van der Waals surface area contributed by atoms with Crippen molar-refractivity contribution in [1.29, 1.82) is 0 Å². The molecule has 2 nitrogen and oxygen atoms in total. The zero-order valence-electron chi connectivity index (χ0n) is 14.4. The lowest BCUT2D eigenvalue weighted by Gasteiger charge is -2.49. The first-order valence-corrected chi connectivity index (χ1v) is 8.49. The molecule has 0 radical (unpaired) electrons. The van der Waals surface area contributed by atoms with Crippen LogP contribution in [0.15, 0.2) is 30.3 Å². The molecule has 0 saturated carbocycles. The highest BCUT2D eigenvalue weighted by molar-refractivity contribution is 5.21. The van der Waals surface area contributed by atoms with Crippen molar-refractivity contribution in [2.75, 3.05) is 13.1 Å². The number of rotatable bonds is 5. The first kappa shape index (κ1) is 16.5. The van der Waals surface area contributed by atoms with Crippen LogP contribution in [-0.4, -0.2) is 29.6 Å². The van der Waals surface area contributed by atoms with Crippen molar-refractivity contribution in [3.63, 3.8) is 0 Å². The van der Waals surface area contributed by atoms with Gasteiger partial charge in [0.2, 0.25) is 0 Å². The van der Waals surface area contributed by atoms with Crippen molar-refractivity contribution in [3.05, 3.63) is 35.9 Å². The fourth-order valence-corrected chi connectivity index (χ4v) is 3.39. The maximum atomic E-state index is 3.78. The van der Waals surface area contributed by atoms with E-state index >= 15 is 0 Å². The van der Waals surface area contributed by atoms with Gasteiger partial charge in [-0.1, -0.05) is 51.1 Å². The van der Waals surface area contributed by atoms with E-state index in [9.17, 15) is 0 Å². The van der Waals surface area contributed by atoms with E-state index in [1.54, 1.807) is 0 Å². The Morgan fingerprint density at radius 1 is 1.24 bits per heavy atom. The highest BCUT2D eigenvalue weighted by atomic mass is 15.3. The third-order valence-electron chi connectivity index (χ3n) is 4.98. The second-order valence-corrected chi connectivity index (χ2v) is 7.48. The van der Waals surface area contributed by atoms with Crippen LogP contribution in [0.25, 0.3) is 0 Å². The topological polar surface area (TPSA) is 15.3 Å². The summed E-state index contributed by atoms with van der Waals surface area (Å²) in [5, 5.41) is 3.78. The van der Waals surface area contributed by atoms with Gasteiger partial charge in [-0.05, 0) is 38.2 Å². The molecule has 2 atom stereocenters. The molecule has 1 N–H and O–H groups in total. The van der Waals surface area contributed by atoms with Crippen molar-refractivity contribution in [2.24, 2.45) is 5.92 Å². The molecule has 2 unspecified atom stereocenters. The first-order valence-electron chi connectivity index (χ1n) is 8.49. The fourth-order valence-electron chi connectivity index (χ4n) is 3.39. The highest BCUT2D eigenvalue weighted by Gasteiger charge is 2.37. The van der Waals surface area contributed by atoms with Crippen LogP contribution < -0.4 is 5.32 Å². The highest BCUT2D eigenvalue weighted by Crippen LogP contribution is 2.33. The zero-order valence-corrected chi connectivity index (χ0v) is 14.4. The van der Waals surface area contributed by atoms with Crippen LogP contribution in [0.1, 0.15) is 59.1 Å². The lowest BCUT2D eigenvalue weighted by atomic mass is 9.89. The van der Waals surface area contributed by atoms with Crippen molar-refractivity contribution >= 4 is 0 Å². The minimum atomic E-state index is 0.248. The van der Waals surface area contributed by atoms with E-state index < -0.39 is 0 Å². The summed E-state index contributed by atoms with van der Waals surface area (Å²) in [6, 6.07) is 12.1. The molecule has 1 aromatic carbocycles. The third kappa shape index (κ3) is 4.08. The second kappa shape index (κ2) is 6.93. The molecular formula is C19H32N2. The Kier molecular flexibility index (Phi) is 5.45. The number of nitrogens with one attached hydrogen (secondary N) is 1. The SMILES string of the molecule is CCC(C)(C)N1CC(CC(C)C)NCC1c1ccccc1. The van der Waals surface area contributed by atoms with Gasteiger partial charge in [0.1, 0.15) is 0 Å². The summed E-state index contributed by atoms with van der Waals surface area (Å²) in [7, 11) is 0. The average Bonchev–Trinajstić information content (AvgIpc) is 2.47. The molecule has 1 aromatic rings. The van der Waals surface area contributed by atoms with E-state index in [0.717, 1.165) is 19.0 Å². The van der Waals surface area contributed by atoms with Crippen molar-refractivity contribution < 1.29 is 0 Å². The molecule has 0 amide bonds. The van der Waals surface area contributed by atoms with E-state index in [2.05, 4.69) is 75.2 Å². The maximum Gasteiger partial charge on any atom is 0.0478 e. The minimum absolute atomic E-state index is 0.248. The zero-order chi connectivity index (χ0) is 15.5. The van der Waals surface area contributed by atoms with E-state index in [-0.39, 0.29) is 5.54 Å². The molecule has 0 bridgehead atoms. The van der Waals surface area contributed by atoms with E-state index in [0.29, 0.717) is 12.1 Å². The Labute approximate surface area is 130 Å². The summed E-state index contributed by atoms with van der Waals surface area (Å²) in [5.41, 5.74) is 1.69. The molecule has 0 spiro atoms. The minimum Gasteiger partial charge on any atom is -0.311 e. The lowest BCUT2D eigenvalue weighted by molar-refractivity contribution is 0.0234. The van der Waals surface area contributed by atoms with E-state index in [1.807, 2.05) is 0 Å². The van der Waals surface area contributed by atoms with Gasteiger partial charge in [-0.25, -0.2) is 0 Å². The standard InChI is InChI=1S/C19H32N2/c1-6-19(4,5)21-14-17(12-15(2)3)20-13-18(21)16-10-8-7-9-11-16/h7-11,15,17-18,20H,6,12-14H2,1-5H3. The van der Waals surface area contributed by atoms with E-state index in [1.165, 1.54) is 18.4 Å². The molecule has 0 aliphatic carbocycles. The average molecular weight is 288 g/mol. The Morgan fingerprint density at radius 3 is 2.48 bits per heavy atom. The number of piperazine rings is 1. The predicted molar refractivity (Wildman–Crippen MR) is 91.5 cm³/mol. The quantitative estimate of drug-likeness (QED) is 0.872. The summed E-state index contributed by atoms with van der Waals surface area (Å²) in [6.45, 7) is 13.9. The van der Waals surface area contributed by atoms with Crippen LogP contribution in [-0.2, 0) is 0 Å². The normalized spacial score (nSPS) is 24.5. The molecule has 1 fully saturated rings. The Balaban J connectivity index is 2.20. The fraction of sp³-hybridized carbons (Fsp3) is 0.684. The third-order valence-corrected chi connectivity index (χ3v) is 4.98. The van der Waals surface area contributed by atoms with Crippen molar-refractivity contribution in [3.8, 4) is 0 Å². The summed E-state index contributed by atoms with van der Waals surface area (Å²) < 4.78 is 0. The first-order chi connectivity index (χ1) is 9.94. The van der Waals surface area contributed by atoms with Gasteiger partial charge in [-0.15, -0.1) is 0 Å². The van der Waals surface area contributed by atoms with Crippen LogP contribution in [0, 0.1) is 5.92 Å². The summed E-state index contributed by atoms with van der Waals surface area (Å²) >= 11 is 0. The van der Waals surface area contributed by atoms with Crippen LogP contribution in [0.2, 0.25) is 0 Å². The monoisotopic (exact) mass is 288 g/mol. The summed E-state index contributed by atoms with van der Waals surface area (Å²) in [5.74, 6) is 0.752. The van der Waals surface area contributed by atoms with Crippen LogP contribution in [0.3, 0.4) is 0 Å². The molecular weight excluding hydrogens is 256 g/mol. The summed E-state index contributed by atoms with van der Waals surface area (Å²) in [4.78, 5) is 2.73. The Morgan fingerprint density at radius 2 is 1.90 bits per heavy atom. The van der Waals surface area contributed by atoms with E-state index in [4.69, 9.17) is 0 Å². The van der Waals surface area contributed by atoms with Crippen LogP contribution in [0.5, 0.6) is 0 Å². The molecule has 2 rings (SSSR count). The van der Waals surface area contributed by atoms with Gasteiger partial charge in [0, 0.05) is 30.7 Å². The van der Waals surface area contributed by atoms with Crippen molar-refractivity contribution in [1.82, 2.24) is 10.2 Å². The molecule has 1 heterocycles. The van der Waals surface area contributed by atoms with Gasteiger partial charge in [0.15, 0.2) is 0 Å². The van der Waals surface area contributed by atoms with Gasteiger partial charge < -0.3 is 5.32 Å². The molecule has 21 heavy (non-hydrogen) atoms. The molecule has 118 valence electrons. The van der Waals surface area contributed by atoms with Gasteiger partial charge >= 0.3 is 0 Å². The number of benzene rings is 1. The number of hydrogen-bond donors (Lipinski definition) is 1. The van der Waals surface area contributed by atoms with Crippen LogP contribution >= 0.6 is 0 Å². The van der Waals surface area contributed by atoms with Crippen LogP contribution in [0.4, 0.5) is 0 Å². The number of hydrogen-bond acceptors (Lipinski definition) is 2. The maximum absolute atomic E-state index is 3.78. The Hall–Kier alpha value is -0.860. The summed E-state index contributed by atoms with van der Waals surface area (Å²) in [6.07, 6.45) is 2.45. The predicted octanol–water partition coefficient (Wildman–Crippen LogP) is 4.24. The molecule has 0 aromatic heterocycles. The molecule has 2 heteroatoms. The second-order valence-electron chi connectivity index (χ2n) is 7.48. The van der Waals surface area contributed by atoms with Crippen molar-refractivity contribution in [2.45, 2.75) is 65.1 Å². The van der Waals surface area contributed by atoms with Gasteiger partial charge in [0.25, 0.3) is 0 Å². The van der Waals surface area contributed by atoms with Gasteiger partial charge in [0.05, 0.1) is 0 Å². The Bertz CT molecular complexity index is 424. The van der Waals surface area contributed by atoms with Gasteiger partial charge in [-0.2, -0.15) is 0 Å². The molecule has 1 saturated heterocycles. The molecule has 1 aliphatic rings. The number of nitrogens with zero attached hydrogens (tertiary/aromatic N) is 1. The largest absolute Gasteiger partial charge is 0.311 e. The van der Waals surface area contributed by atoms with Gasteiger partial charge in [-0.3, -0.25) is 4.90 Å². The molecule has 1 aliphatic heterocycles.